The Morgan fingerprint density at radius 1 is 1.47 bits per heavy atom. The molecule has 1 saturated carbocycles. The fraction of sp³-hybridized carbons (Fsp3) is 0.667. The largest absolute Gasteiger partial charge is 0.321 e. The van der Waals surface area contributed by atoms with E-state index in [1.54, 1.807) is 11.3 Å². The Hall–Kier alpha value is -0.870. The molecule has 19 heavy (non-hydrogen) atoms. The third kappa shape index (κ3) is 2.32. The Morgan fingerprint density at radius 3 is 2.79 bits per heavy atom. The number of nitrogens with one attached hydrogen (secondary N) is 1. The monoisotopic (exact) mass is 278 g/mol. The second-order valence-electron chi connectivity index (χ2n) is 5.91. The molecular weight excluding hydrogens is 256 g/mol. The summed E-state index contributed by atoms with van der Waals surface area (Å²) >= 11 is 1.70. The van der Waals surface area contributed by atoms with Gasteiger partial charge in [-0.15, -0.1) is 0 Å². The molecule has 1 aromatic rings. The molecule has 2 fully saturated rings. The minimum absolute atomic E-state index is 0.00226. The maximum Gasteiger partial charge on any atom is 0.241 e. The molecule has 3 nitrogen and oxygen atoms in total. The number of amides is 1. The van der Waals surface area contributed by atoms with Gasteiger partial charge in [-0.05, 0) is 53.5 Å². The van der Waals surface area contributed by atoms with Gasteiger partial charge in [-0.3, -0.25) is 10.1 Å². The van der Waals surface area contributed by atoms with Crippen molar-refractivity contribution in [1.29, 1.82) is 0 Å². The second kappa shape index (κ2) is 4.91. The minimum atomic E-state index is -0.00226. The van der Waals surface area contributed by atoms with Crippen LogP contribution in [0.3, 0.4) is 0 Å². The number of thiophene rings is 1. The van der Waals surface area contributed by atoms with Gasteiger partial charge in [0.2, 0.25) is 5.91 Å². The van der Waals surface area contributed by atoms with E-state index in [1.807, 2.05) is 0 Å². The normalized spacial score (nSPS) is 28.9. The SMILES string of the molecule is CCC1NC(c2ccsc2)N(CC2(CC)CC2)C1=O. The van der Waals surface area contributed by atoms with Crippen molar-refractivity contribution in [3.05, 3.63) is 22.4 Å². The molecule has 0 radical (unpaired) electrons. The smallest absolute Gasteiger partial charge is 0.241 e. The number of carbonyl (C=O) groups is 1. The zero-order valence-corrected chi connectivity index (χ0v) is 12.5. The highest BCUT2D eigenvalue weighted by Crippen LogP contribution is 2.50. The quantitative estimate of drug-likeness (QED) is 0.897. The lowest BCUT2D eigenvalue weighted by Gasteiger charge is -2.28. The zero-order valence-electron chi connectivity index (χ0n) is 11.7. The van der Waals surface area contributed by atoms with Crippen molar-refractivity contribution < 1.29 is 4.79 Å². The molecule has 2 aliphatic rings. The zero-order chi connectivity index (χ0) is 13.5. The minimum Gasteiger partial charge on any atom is -0.321 e. The van der Waals surface area contributed by atoms with E-state index in [0.29, 0.717) is 11.3 Å². The molecule has 1 saturated heterocycles. The predicted octanol–water partition coefficient (Wildman–Crippen LogP) is 3.15. The summed E-state index contributed by atoms with van der Waals surface area (Å²) in [6.45, 7) is 5.25. The van der Waals surface area contributed by atoms with Crippen molar-refractivity contribution in [1.82, 2.24) is 10.2 Å². The fourth-order valence-electron chi connectivity index (χ4n) is 3.01. The Bertz CT molecular complexity index is 453. The van der Waals surface area contributed by atoms with Crippen LogP contribution in [0.4, 0.5) is 0 Å². The summed E-state index contributed by atoms with van der Waals surface area (Å²) in [6.07, 6.45) is 4.70. The highest BCUT2D eigenvalue weighted by Gasteiger charge is 2.48. The third-order valence-corrected chi connectivity index (χ3v) is 5.43. The highest BCUT2D eigenvalue weighted by molar-refractivity contribution is 7.07. The van der Waals surface area contributed by atoms with Crippen LogP contribution in [0.15, 0.2) is 16.8 Å². The van der Waals surface area contributed by atoms with Gasteiger partial charge in [0.15, 0.2) is 0 Å². The predicted molar refractivity (Wildman–Crippen MR) is 77.9 cm³/mol. The topological polar surface area (TPSA) is 32.3 Å². The summed E-state index contributed by atoms with van der Waals surface area (Å²) in [6, 6.07) is 2.13. The van der Waals surface area contributed by atoms with Crippen LogP contribution in [0.5, 0.6) is 0 Å². The molecule has 1 amide bonds. The molecule has 1 aliphatic carbocycles. The van der Waals surface area contributed by atoms with Gasteiger partial charge < -0.3 is 4.90 Å². The summed E-state index contributed by atoms with van der Waals surface area (Å²) in [5.41, 5.74) is 1.65. The summed E-state index contributed by atoms with van der Waals surface area (Å²) in [5.74, 6) is 0.290. The van der Waals surface area contributed by atoms with Crippen molar-refractivity contribution in [2.24, 2.45) is 5.41 Å². The molecule has 4 heteroatoms. The van der Waals surface area contributed by atoms with E-state index in [-0.39, 0.29) is 12.2 Å². The summed E-state index contributed by atoms with van der Waals surface area (Å²) < 4.78 is 0. The van der Waals surface area contributed by atoms with Crippen molar-refractivity contribution in [2.75, 3.05) is 6.54 Å². The van der Waals surface area contributed by atoms with Gasteiger partial charge in [0.05, 0.1) is 6.04 Å². The number of hydrogen-bond acceptors (Lipinski definition) is 3. The van der Waals surface area contributed by atoms with E-state index in [4.69, 9.17) is 0 Å². The van der Waals surface area contributed by atoms with E-state index in [0.717, 1.165) is 13.0 Å². The summed E-state index contributed by atoms with van der Waals surface area (Å²) in [4.78, 5) is 14.6. The van der Waals surface area contributed by atoms with Gasteiger partial charge in [0, 0.05) is 6.54 Å². The van der Waals surface area contributed by atoms with Crippen molar-refractivity contribution in [3.63, 3.8) is 0 Å². The van der Waals surface area contributed by atoms with E-state index >= 15 is 0 Å². The van der Waals surface area contributed by atoms with Crippen molar-refractivity contribution >= 4 is 17.2 Å². The Morgan fingerprint density at radius 2 is 2.26 bits per heavy atom. The first-order chi connectivity index (χ1) is 9.19. The van der Waals surface area contributed by atoms with Crippen LogP contribution in [0, 0.1) is 5.41 Å². The first-order valence-electron chi connectivity index (χ1n) is 7.28. The Labute approximate surface area is 119 Å². The molecule has 1 N–H and O–H groups in total. The summed E-state index contributed by atoms with van der Waals surface area (Å²) in [7, 11) is 0. The van der Waals surface area contributed by atoms with Gasteiger partial charge in [-0.1, -0.05) is 13.8 Å². The molecule has 0 bridgehead atoms. The molecule has 3 rings (SSSR count). The van der Waals surface area contributed by atoms with Gasteiger partial charge in [0.25, 0.3) is 0 Å². The number of carbonyl (C=O) groups excluding carboxylic acids is 1. The Balaban J connectivity index is 1.82. The van der Waals surface area contributed by atoms with E-state index < -0.39 is 0 Å². The third-order valence-electron chi connectivity index (χ3n) is 4.73. The average Bonchev–Trinajstić information content (AvgIpc) is 2.85. The first kappa shape index (κ1) is 13.1. The number of nitrogens with zero attached hydrogens (tertiary/aromatic N) is 1. The summed E-state index contributed by atoms with van der Waals surface area (Å²) in [5, 5.41) is 7.74. The molecule has 0 aromatic carbocycles. The number of rotatable bonds is 5. The van der Waals surface area contributed by atoms with Crippen LogP contribution in [0.2, 0.25) is 0 Å². The lowest BCUT2D eigenvalue weighted by molar-refractivity contribution is -0.131. The molecule has 1 aromatic heterocycles. The van der Waals surface area contributed by atoms with Crippen molar-refractivity contribution in [2.45, 2.75) is 51.7 Å². The molecule has 1 aliphatic heterocycles. The standard InChI is InChI=1S/C15H22N2OS/c1-3-12-14(18)17(10-15(4-2)6-7-15)13(16-12)11-5-8-19-9-11/h5,8-9,12-13,16H,3-4,6-7,10H2,1-2H3. The first-order valence-corrected chi connectivity index (χ1v) is 8.22. The second-order valence-corrected chi connectivity index (χ2v) is 6.69. The van der Waals surface area contributed by atoms with Crippen LogP contribution in [-0.4, -0.2) is 23.4 Å². The van der Waals surface area contributed by atoms with E-state index in [2.05, 4.69) is 40.9 Å². The van der Waals surface area contributed by atoms with Crippen LogP contribution >= 0.6 is 11.3 Å². The fourth-order valence-corrected chi connectivity index (χ4v) is 3.69. The van der Waals surface area contributed by atoms with Crippen LogP contribution in [0.25, 0.3) is 0 Å². The maximum atomic E-state index is 12.5. The lowest BCUT2D eigenvalue weighted by atomic mass is 10.0. The molecule has 0 spiro atoms. The highest BCUT2D eigenvalue weighted by atomic mass is 32.1. The number of hydrogen-bond donors (Lipinski definition) is 1. The molecule has 2 atom stereocenters. The lowest BCUT2D eigenvalue weighted by Crippen LogP contribution is -2.35. The molecule has 2 heterocycles. The average molecular weight is 278 g/mol. The molecule has 2 unspecified atom stereocenters. The van der Waals surface area contributed by atoms with Gasteiger partial charge >= 0.3 is 0 Å². The van der Waals surface area contributed by atoms with Gasteiger partial charge in [0.1, 0.15) is 6.17 Å². The molecule has 104 valence electrons. The van der Waals surface area contributed by atoms with Crippen molar-refractivity contribution in [3.8, 4) is 0 Å². The van der Waals surface area contributed by atoms with E-state index in [9.17, 15) is 4.79 Å². The molecular formula is C15H22N2OS. The van der Waals surface area contributed by atoms with Gasteiger partial charge in [-0.2, -0.15) is 11.3 Å². The van der Waals surface area contributed by atoms with Crippen LogP contribution < -0.4 is 5.32 Å². The Kier molecular flexibility index (Phi) is 3.39. The van der Waals surface area contributed by atoms with Crippen LogP contribution in [0.1, 0.15) is 51.3 Å². The van der Waals surface area contributed by atoms with Gasteiger partial charge in [-0.25, -0.2) is 0 Å². The maximum absolute atomic E-state index is 12.5. The van der Waals surface area contributed by atoms with E-state index in [1.165, 1.54) is 24.8 Å². The van der Waals surface area contributed by atoms with Crippen LogP contribution in [-0.2, 0) is 4.79 Å².